The number of hydrogen-bond acceptors (Lipinski definition) is 3. The number of ether oxygens (including phenoxy) is 1. The second-order valence-corrected chi connectivity index (χ2v) is 5.07. The maximum atomic E-state index is 5.14. The molecule has 1 heterocycles. The van der Waals surface area contributed by atoms with Crippen LogP contribution in [0.1, 0.15) is 22.4 Å². The van der Waals surface area contributed by atoms with Crippen molar-refractivity contribution in [1.29, 1.82) is 0 Å². The standard InChI is InChI=1S/C21H16N2O/c1-24-21-12-9-19(10-13-21)7-4-17-2-5-18(6-3-17)8-11-20-14-15-22-16-23-20/h2-3,5-6,8-16H,1H3/b11-8+. The van der Waals surface area contributed by atoms with Crippen molar-refractivity contribution in [3.05, 3.63) is 89.5 Å². The third-order valence-electron chi connectivity index (χ3n) is 3.40. The molecule has 0 aliphatic carbocycles. The highest BCUT2D eigenvalue weighted by molar-refractivity contribution is 5.68. The first-order valence-corrected chi connectivity index (χ1v) is 7.54. The second kappa shape index (κ2) is 7.75. The van der Waals surface area contributed by atoms with Crippen molar-refractivity contribution in [3.63, 3.8) is 0 Å². The summed E-state index contributed by atoms with van der Waals surface area (Å²) in [6.07, 6.45) is 7.24. The van der Waals surface area contributed by atoms with E-state index in [1.54, 1.807) is 13.3 Å². The maximum absolute atomic E-state index is 5.14. The summed E-state index contributed by atoms with van der Waals surface area (Å²) in [6, 6.07) is 17.7. The van der Waals surface area contributed by atoms with E-state index in [1.807, 2.05) is 66.7 Å². The van der Waals surface area contributed by atoms with Gasteiger partial charge in [-0.3, -0.25) is 0 Å². The molecule has 24 heavy (non-hydrogen) atoms. The average Bonchev–Trinajstić information content (AvgIpc) is 2.67. The fourth-order valence-corrected chi connectivity index (χ4v) is 2.08. The fraction of sp³-hybridized carbons (Fsp3) is 0.0476. The third-order valence-corrected chi connectivity index (χ3v) is 3.40. The molecule has 0 saturated carbocycles. The van der Waals surface area contributed by atoms with Gasteiger partial charge >= 0.3 is 0 Å². The highest BCUT2D eigenvalue weighted by Crippen LogP contribution is 2.11. The molecule has 3 nitrogen and oxygen atoms in total. The molecule has 2 aromatic carbocycles. The van der Waals surface area contributed by atoms with E-state index in [-0.39, 0.29) is 0 Å². The summed E-state index contributed by atoms with van der Waals surface area (Å²) in [4.78, 5) is 8.06. The quantitative estimate of drug-likeness (QED) is 0.684. The van der Waals surface area contributed by atoms with Gasteiger partial charge in [0, 0.05) is 17.3 Å². The molecule has 0 atom stereocenters. The summed E-state index contributed by atoms with van der Waals surface area (Å²) in [6.45, 7) is 0. The van der Waals surface area contributed by atoms with Gasteiger partial charge in [0.25, 0.3) is 0 Å². The van der Waals surface area contributed by atoms with Gasteiger partial charge in [-0.1, -0.05) is 30.0 Å². The third kappa shape index (κ3) is 4.31. The zero-order valence-corrected chi connectivity index (χ0v) is 13.3. The first-order valence-electron chi connectivity index (χ1n) is 7.54. The van der Waals surface area contributed by atoms with E-state index >= 15 is 0 Å². The van der Waals surface area contributed by atoms with Crippen molar-refractivity contribution in [2.75, 3.05) is 7.11 Å². The lowest BCUT2D eigenvalue weighted by Gasteiger charge is -1.97. The topological polar surface area (TPSA) is 35.0 Å². The van der Waals surface area contributed by atoms with Crippen LogP contribution in [-0.2, 0) is 0 Å². The molecule has 0 N–H and O–H groups in total. The van der Waals surface area contributed by atoms with Gasteiger partial charge in [0.15, 0.2) is 0 Å². The van der Waals surface area contributed by atoms with Gasteiger partial charge in [0.2, 0.25) is 0 Å². The number of rotatable bonds is 3. The second-order valence-electron chi connectivity index (χ2n) is 5.07. The summed E-state index contributed by atoms with van der Waals surface area (Å²) in [5.74, 6) is 7.15. The van der Waals surface area contributed by atoms with Gasteiger partial charge in [0.05, 0.1) is 12.8 Å². The smallest absolute Gasteiger partial charge is 0.118 e. The van der Waals surface area contributed by atoms with E-state index in [2.05, 4.69) is 21.8 Å². The monoisotopic (exact) mass is 312 g/mol. The summed E-state index contributed by atoms with van der Waals surface area (Å²) in [5.41, 5.74) is 3.92. The minimum Gasteiger partial charge on any atom is -0.497 e. The molecule has 1 aromatic heterocycles. The molecule has 0 aliphatic rings. The van der Waals surface area contributed by atoms with Gasteiger partial charge in [-0.25, -0.2) is 9.97 Å². The molecule has 3 rings (SSSR count). The molecule has 0 saturated heterocycles. The van der Waals surface area contributed by atoms with Gasteiger partial charge in [0.1, 0.15) is 12.1 Å². The number of methoxy groups -OCH3 is 1. The van der Waals surface area contributed by atoms with Gasteiger partial charge < -0.3 is 4.74 Å². The lowest BCUT2D eigenvalue weighted by atomic mass is 10.1. The number of aromatic nitrogens is 2. The van der Waals surface area contributed by atoms with Crippen molar-refractivity contribution in [2.24, 2.45) is 0 Å². The lowest BCUT2D eigenvalue weighted by Crippen LogP contribution is -1.82. The Labute approximate surface area is 141 Å². The molecule has 0 unspecified atom stereocenters. The van der Waals surface area contributed by atoms with Crippen LogP contribution in [0.2, 0.25) is 0 Å². The predicted molar refractivity (Wildman–Crippen MR) is 96.4 cm³/mol. The van der Waals surface area contributed by atoms with Gasteiger partial charge in [-0.2, -0.15) is 0 Å². The van der Waals surface area contributed by atoms with Crippen molar-refractivity contribution in [3.8, 4) is 17.6 Å². The Balaban J connectivity index is 1.68. The molecular weight excluding hydrogens is 296 g/mol. The number of hydrogen-bond donors (Lipinski definition) is 0. The van der Waals surface area contributed by atoms with E-state index in [0.717, 1.165) is 28.1 Å². The zero-order valence-electron chi connectivity index (χ0n) is 13.3. The molecule has 3 aromatic rings. The zero-order chi connectivity index (χ0) is 16.6. The SMILES string of the molecule is COc1ccc(C#Cc2ccc(/C=C/c3ccncn3)cc2)cc1. The van der Waals surface area contributed by atoms with Gasteiger partial charge in [-0.15, -0.1) is 0 Å². The molecule has 0 aliphatic heterocycles. The molecule has 0 fully saturated rings. The summed E-state index contributed by atoms with van der Waals surface area (Å²) < 4.78 is 5.14. The van der Waals surface area contributed by atoms with Crippen LogP contribution in [-0.4, -0.2) is 17.1 Å². The lowest BCUT2D eigenvalue weighted by molar-refractivity contribution is 0.415. The van der Waals surface area contributed by atoms with E-state index in [0.29, 0.717) is 0 Å². The Kier molecular flexibility index (Phi) is 5.01. The van der Waals surface area contributed by atoms with Crippen LogP contribution >= 0.6 is 0 Å². The Morgan fingerprint density at radius 1 is 0.833 bits per heavy atom. The first-order chi connectivity index (χ1) is 11.8. The van der Waals surface area contributed by atoms with E-state index in [1.165, 1.54) is 6.33 Å². The van der Waals surface area contributed by atoms with Crippen molar-refractivity contribution in [1.82, 2.24) is 9.97 Å². The van der Waals surface area contributed by atoms with Crippen LogP contribution in [0, 0.1) is 11.8 Å². The molecule has 0 radical (unpaired) electrons. The first kappa shape index (κ1) is 15.5. The highest BCUT2D eigenvalue weighted by Gasteiger charge is 1.92. The summed E-state index contributed by atoms with van der Waals surface area (Å²) in [5, 5.41) is 0. The van der Waals surface area contributed by atoms with Crippen LogP contribution in [0.25, 0.3) is 12.2 Å². The Hall–Kier alpha value is -3.38. The average molecular weight is 312 g/mol. The molecule has 116 valence electrons. The van der Waals surface area contributed by atoms with E-state index in [4.69, 9.17) is 4.74 Å². The molecule has 0 bridgehead atoms. The molecule has 0 spiro atoms. The largest absolute Gasteiger partial charge is 0.497 e. The summed E-state index contributed by atoms with van der Waals surface area (Å²) >= 11 is 0. The Morgan fingerprint density at radius 3 is 2.08 bits per heavy atom. The number of benzene rings is 2. The minimum atomic E-state index is 0.834. The van der Waals surface area contributed by atoms with Crippen LogP contribution in [0.4, 0.5) is 0 Å². The van der Waals surface area contributed by atoms with Crippen molar-refractivity contribution < 1.29 is 4.74 Å². The van der Waals surface area contributed by atoms with Crippen molar-refractivity contribution in [2.45, 2.75) is 0 Å². The van der Waals surface area contributed by atoms with Crippen LogP contribution in [0.3, 0.4) is 0 Å². The van der Waals surface area contributed by atoms with Crippen LogP contribution < -0.4 is 4.74 Å². The van der Waals surface area contributed by atoms with Crippen LogP contribution in [0.5, 0.6) is 5.75 Å². The van der Waals surface area contributed by atoms with Crippen LogP contribution in [0.15, 0.2) is 67.1 Å². The van der Waals surface area contributed by atoms with E-state index in [9.17, 15) is 0 Å². The summed E-state index contributed by atoms with van der Waals surface area (Å²) in [7, 11) is 1.65. The Bertz CT molecular complexity index is 871. The highest BCUT2D eigenvalue weighted by atomic mass is 16.5. The normalized spacial score (nSPS) is 10.2. The predicted octanol–water partition coefficient (Wildman–Crippen LogP) is 4.06. The minimum absolute atomic E-state index is 0.834. The molecule has 3 heteroatoms. The molecular formula is C21H16N2O. The maximum Gasteiger partial charge on any atom is 0.118 e. The Morgan fingerprint density at radius 2 is 1.50 bits per heavy atom. The van der Waals surface area contributed by atoms with Crippen molar-refractivity contribution >= 4 is 12.2 Å². The van der Waals surface area contributed by atoms with E-state index < -0.39 is 0 Å². The number of nitrogens with zero attached hydrogens (tertiary/aromatic N) is 2. The van der Waals surface area contributed by atoms with Gasteiger partial charge in [-0.05, 0) is 54.1 Å². The fourth-order valence-electron chi connectivity index (χ4n) is 2.08. The molecule has 0 amide bonds.